The Morgan fingerprint density at radius 3 is 2.61 bits per heavy atom. The minimum Gasteiger partial charge on any atom is -0.368 e. The number of rotatable bonds is 6. The smallest absolute Gasteiger partial charge is 0.234 e. The van der Waals surface area contributed by atoms with Crippen molar-refractivity contribution < 1.29 is 4.79 Å². The first-order valence-corrected chi connectivity index (χ1v) is 6.70. The van der Waals surface area contributed by atoms with Gasteiger partial charge in [-0.05, 0) is 35.8 Å². The monoisotopic (exact) mass is 246 g/mol. The Hall–Kier alpha value is -1.35. The lowest BCUT2D eigenvalue weighted by Crippen LogP contribution is -2.44. The predicted molar refractivity (Wildman–Crippen MR) is 73.1 cm³/mol. The first kappa shape index (κ1) is 13.1. The lowest BCUT2D eigenvalue weighted by atomic mass is 10.0. The first-order chi connectivity index (χ1) is 8.59. The average Bonchev–Trinajstić information content (AvgIpc) is 3.13. The van der Waals surface area contributed by atoms with Crippen molar-refractivity contribution in [2.75, 3.05) is 0 Å². The summed E-state index contributed by atoms with van der Waals surface area (Å²) >= 11 is 0. The molecule has 98 valence electrons. The molecule has 1 unspecified atom stereocenters. The van der Waals surface area contributed by atoms with Crippen molar-refractivity contribution >= 4 is 5.91 Å². The Morgan fingerprint density at radius 1 is 1.39 bits per heavy atom. The van der Waals surface area contributed by atoms with Crippen LogP contribution in [-0.2, 0) is 11.3 Å². The minimum atomic E-state index is -0.270. The topological polar surface area (TPSA) is 55.1 Å². The molecular weight excluding hydrogens is 224 g/mol. The van der Waals surface area contributed by atoms with Gasteiger partial charge in [0.25, 0.3) is 0 Å². The number of benzene rings is 1. The van der Waals surface area contributed by atoms with Crippen molar-refractivity contribution in [1.29, 1.82) is 0 Å². The maximum Gasteiger partial charge on any atom is 0.234 e. The van der Waals surface area contributed by atoms with Crippen LogP contribution in [0.3, 0.4) is 0 Å². The fourth-order valence-corrected chi connectivity index (χ4v) is 2.37. The van der Waals surface area contributed by atoms with Crippen LogP contribution in [0.2, 0.25) is 0 Å². The maximum absolute atomic E-state index is 11.4. The van der Waals surface area contributed by atoms with Gasteiger partial charge in [0, 0.05) is 6.54 Å². The summed E-state index contributed by atoms with van der Waals surface area (Å²) < 4.78 is 0. The van der Waals surface area contributed by atoms with E-state index in [-0.39, 0.29) is 17.9 Å². The summed E-state index contributed by atoms with van der Waals surface area (Å²) in [7, 11) is 0. The van der Waals surface area contributed by atoms with Crippen molar-refractivity contribution in [3.05, 3.63) is 35.4 Å². The van der Waals surface area contributed by atoms with Crippen molar-refractivity contribution in [1.82, 2.24) is 5.32 Å². The third kappa shape index (κ3) is 3.10. The van der Waals surface area contributed by atoms with Crippen LogP contribution in [-0.4, -0.2) is 11.9 Å². The summed E-state index contributed by atoms with van der Waals surface area (Å²) in [5.74, 6) is 0.679. The SMILES string of the molecule is CC(C)C(NCc1ccccc1C1CC1)C(N)=O. The number of carbonyl (C=O) groups is 1. The zero-order chi connectivity index (χ0) is 13.1. The van der Waals surface area contributed by atoms with Gasteiger partial charge in [0.1, 0.15) is 0 Å². The van der Waals surface area contributed by atoms with Gasteiger partial charge in [-0.2, -0.15) is 0 Å². The van der Waals surface area contributed by atoms with Gasteiger partial charge >= 0.3 is 0 Å². The summed E-state index contributed by atoms with van der Waals surface area (Å²) in [4.78, 5) is 11.4. The van der Waals surface area contributed by atoms with Gasteiger partial charge in [-0.25, -0.2) is 0 Å². The molecule has 18 heavy (non-hydrogen) atoms. The molecule has 1 fully saturated rings. The molecule has 1 saturated carbocycles. The molecule has 1 aliphatic rings. The number of primary amides is 1. The van der Waals surface area contributed by atoms with Crippen LogP contribution >= 0.6 is 0 Å². The molecule has 1 aromatic carbocycles. The Kier molecular flexibility index (Phi) is 4.02. The Morgan fingerprint density at radius 2 is 2.06 bits per heavy atom. The second-order valence-electron chi connectivity index (χ2n) is 5.48. The molecule has 0 saturated heterocycles. The number of amides is 1. The van der Waals surface area contributed by atoms with E-state index >= 15 is 0 Å². The molecule has 1 aromatic rings. The highest BCUT2D eigenvalue weighted by atomic mass is 16.1. The normalized spacial score (nSPS) is 16.8. The highest BCUT2D eigenvalue weighted by Crippen LogP contribution is 2.41. The van der Waals surface area contributed by atoms with Crippen LogP contribution in [0.15, 0.2) is 24.3 Å². The fraction of sp³-hybridized carbons (Fsp3) is 0.533. The third-order valence-electron chi connectivity index (χ3n) is 3.56. The Balaban J connectivity index is 2.03. The molecule has 1 amide bonds. The van der Waals surface area contributed by atoms with Crippen LogP contribution in [0.4, 0.5) is 0 Å². The first-order valence-electron chi connectivity index (χ1n) is 6.70. The van der Waals surface area contributed by atoms with E-state index in [9.17, 15) is 4.79 Å². The van der Waals surface area contributed by atoms with Gasteiger partial charge < -0.3 is 11.1 Å². The van der Waals surface area contributed by atoms with Crippen LogP contribution in [0, 0.1) is 5.92 Å². The Bertz CT molecular complexity index is 424. The van der Waals surface area contributed by atoms with Crippen molar-refractivity contribution in [3.63, 3.8) is 0 Å². The molecule has 3 heteroatoms. The summed E-state index contributed by atoms with van der Waals surface area (Å²) in [6.45, 7) is 4.74. The summed E-state index contributed by atoms with van der Waals surface area (Å²) in [6.07, 6.45) is 2.58. The molecule has 0 spiro atoms. The second-order valence-corrected chi connectivity index (χ2v) is 5.48. The van der Waals surface area contributed by atoms with E-state index in [0.29, 0.717) is 0 Å². The summed E-state index contributed by atoms with van der Waals surface area (Å²) in [6, 6.07) is 8.22. The second kappa shape index (κ2) is 5.53. The van der Waals surface area contributed by atoms with Crippen LogP contribution in [0.1, 0.15) is 43.7 Å². The van der Waals surface area contributed by atoms with Gasteiger partial charge in [-0.3, -0.25) is 4.79 Å². The van der Waals surface area contributed by atoms with Crippen molar-refractivity contribution in [2.24, 2.45) is 11.7 Å². The Labute approximate surface area is 109 Å². The molecule has 0 bridgehead atoms. The number of hydrogen-bond acceptors (Lipinski definition) is 2. The molecule has 3 nitrogen and oxygen atoms in total. The van der Waals surface area contributed by atoms with Gasteiger partial charge in [-0.15, -0.1) is 0 Å². The van der Waals surface area contributed by atoms with Crippen molar-refractivity contribution in [2.45, 2.75) is 45.2 Å². The number of carbonyl (C=O) groups excluding carboxylic acids is 1. The molecule has 1 aliphatic carbocycles. The largest absolute Gasteiger partial charge is 0.368 e. The molecule has 2 rings (SSSR count). The van der Waals surface area contributed by atoms with E-state index < -0.39 is 0 Å². The minimum absolute atomic E-state index is 0.218. The molecule has 3 N–H and O–H groups in total. The number of nitrogens with one attached hydrogen (secondary N) is 1. The van der Waals surface area contributed by atoms with Gasteiger partial charge in [0.2, 0.25) is 5.91 Å². The van der Waals surface area contributed by atoms with Crippen LogP contribution in [0.25, 0.3) is 0 Å². The average molecular weight is 246 g/mol. The van der Waals surface area contributed by atoms with Crippen LogP contribution < -0.4 is 11.1 Å². The van der Waals surface area contributed by atoms with E-state index in [1.807, 2.05) is 13.8 Å². The highest BCUT2D eigenvalue weighted by molar-refractivity contribution is 5.80. The quantitative estimate of drug-likeness (QED) is 0.808. The van der Waals surface area contributed by atoms with E-state index in [1.165, 1.54) is 24.0 Å². The molecule has 0 radical (unpaired) electrons. The molecule has 0 heterocycles. The lowest BCUT2D eigenvalue weighted by molar-refractivity contribution is -0.121. The van der Waals surface area contributed by atoms with Crippen LogP contribution in [0.5, 0.6) is 0 Å². The number of nitrogens with two attached hydrogens (primary N) is 1. The zero-order valence-corrected chi connectivity index (χ0v) is 11.1. The van der Waals surface area contributed by atoms with E-state index in [2.05, 4.69) is 29.6 Å². The fourth-order valence-electron chi connectivity index (χ4n) is 2.37. The van der Waals surface area contributed by atoms with Gasteiger partial charge in [0.15, 0.2) is 0 Å². The molecular formula is C15H22N2O. The number of hydrogen-bond donors (Lipinski definition) is 2. The third-order valence-corrected chi connectivity index (χ3v) is 3.56. The highest BCUT2D eigenvalue weighted by Gasteiger charge is 2.26. The zero-order valence-electron chi connectivity index (χ0n) is 11.1. The molecule has 1 atom stereocenters. The van der Waals surface area contributed by atoms with Gasteiger partial charge in [-0.1, -0.05) is 38.1 Å². The standard InChI is InChI=1S/C15H22N2O/c1-10(2)14(15(16)18)17-9-12-5-3-4-6-13(12)11-7-8-11/h3-6,10-11,14,17H,7-9H2,1-2H3,(H2,16,18). The van der Waals surface area contributed by atoms with Crippen molar-refractivity contribution in [3.8, 4) is 0 Å². The molecule has 0 aromatic heterocycles. The van der Waals surface area contributed by atoms with E-state index in [1.54, 1.807) is 0 Å². The van der Waals surface area contributed by atoms with E-state index in [4.69, 9.17) is 5.73 Å². The summed E-state index contributed by atoms with van der Waals surface area (Å²) in [5, 5.41) is 3.28. The van der Waals surface area contributed by atoms with Gasteiger partial charge in [0.05, 0.1) is 6.04 Å². The van der Waals surface area contributed by atoms with E-state index in [0.717, 1.165) is 12.5 Å². The predicted octanol–water partition coefficient (Wildman–Crippen LogP) is 2.16. The molecule has 0 aliphatic heterocycles. The lowest BCUT2D eigenvalue weighted by Gasteiger charge is -2.20. The summed E-state index contributed by atoms with van der Waals surface area (Å²) in [5.41, 5.74) is 8.14. The maximum atomic E-state index is 11.4.